The highest BCUT2D eigenvalue weighted by Gasteiger charge is 2.29. The minimum Gasteiger partial charge on any atom is -0.491 e. The van der Waals surface area contributed by atoms with Crippen LogP contribution in [0.2, 0.25) is 0 Å². The number of carbonyl (C=O) groups excluding carboxylic acids is 1. The van der Waals surface area contributed by atoms with E-state index < -0.39 is 6.09 Å². The average molecular weight is 376 g/mol. The third-order valence-corrected chi connectivity index (χ3v) is 4.50. The summed E-state index contributed by atoms with van der Waals surface area (Å²) in [4.78, 5) is 12.0. The van der Waals surface area contributed by atoms with Crippen molar-refractivity contribution in [2.24, 2.45) is 0 Å². The Hall–Kier alpha value is -2.01. The topological polar surface area (TPSA) is 47.6 Å². The van der Waals surface area contributed by atoms with E-state index in [4.69, 9.17) is 9.47 Å². The van der Waals surface area contributed by atoms with Crippen molar-refractivity contribution in [3.8, 4) is 5.75 Å². The Morgan fingerprint density at radius 1 is 1.30 bits per heavy atom. The van der Waals surface area contributed by atoms with Gasteiger partial charge in [-0.15, -0.1) is 0 Å². The van der Waals surface area contributed by atoms with E-state index >= 15 is 0 Å². The molecular formula is C18H18BrNO3. The first-order chi connectivity index (χ1) is 11.1. The molecular weight excluding hydrogens is 358 g/mol. The lowest BCUT2D eigenvalue weighted by molar-refractivity contribution is 0.125. The van der Waals surface area contributed by atoms with E-state index in [1.165, 1.54) is 0 Å². The van der Waals surface area contributed by atoms with Gasteiger partial charge in [0.05, 0.1) is 6.04 Å². The lowest BCUT2D eigenvalue weighted by Crippen LogP contribution is -2.44. The van der Waals surface area contributed by atoms with Crippen molar-refractivity contribution in [3.63, 3.8) is 0 Å². The Morgan fingerprint density at radius 3 is 2.87 bits per heavy atom. The fourth-order valence-electron chi connectivity index (χ4n) is 2.63. The Balaban J connectivity index is 1.58. The predicted octanol–water partition coefficient (Wildman–Crippen LogP) is 4.24. The van der Waals surface area contributed by atoms with Crippen LogP contribution in [0.25, 0.3) is 0 Å². The second kappa shape index (κ2) is 7.04. The molecule has 0 saturated heterocycles. The molecule has 1 heterocycles. The Morgan fingerprint density at radius 2 is 2.09 bits per heavy atom. The Labute approximate surface area is 143 Å². The molecule has 1 aliphatic rings. The molecule has 0 radical (unpaired) electrons. The first-order valence-electron chi connectivity index (χ1n) is 7.53. The van der Waals surface area contributed by atoms with Crippen molar-refractivity contribution in [1.29, 1.82) is 0 Å². The van der Waals surface area contributed by atoms with Crippen LogP contribution in [0, 0.1) is 0 Å². The van der Waals surface area contributed by atoms with Gasteiger partial charge in [0.1, 0.15) is 19.0 Å². The minimum absolute atomic E-state index is 0.105. The SMILES string of the molecule is C[C@@H]1c2ccc(Br)cc2OCC1NC(=O)OCc1ccccc1. The van der Waals surface area contributed by atoms with Crippen molar-refractivity contribution < 1.29 is 14.3 Å². The van der Waals surface area contributed by atoms with Crippen LogP contribution in [0.3, 0.4) is 0 Å². The number of nitrogens with one attached hydrogen (secondary N) is 1. The van der Waals surface area contributed by atoms with Crippen molar-refractivity contribution >= 4 is 22.0 Å². The van der Waals surface area contributed by atoms with Gasteiger partial charge in [0.25, 0.3) is 0 Å². The Bertz CT molecular complexity index is 690. The molecule has 0 spiro atoms. The summed E-state index contributed by atoms with van der Waals surface area (Å²) < 4.78 is 12.0. The van der Waals surface area contributed by atoms with E-state index in [-0.39, 0.29) is 18.6 Å². The summed E-state index contributed by atoms with van der Waals surface area (Å²) in [7, 11) is 0. The fourth-order valence-corrected chi connectivity index (χ4v) is 2.97. The molecule has 0 aliphatic carbocycles. The summed E-state index contributed by atoms with van der Waals surface area (Å²) in [5.41, 5.74) is 2.05. The van der Waals surface area contributed by atoms with Gasteiger partial charge in [-0.05, 0) is 23.3 Å². The largest absolute Gasteiger partial charge is 0.491 e. The number of hydrogen-bond donors (Lipinski definition) is 1. The van der Waals surface area contributed by atoms with Crippen LogP contribution in [0.1, 0.15) is 24.0 Å². The van der Waals surface area contributed by atoms with Crippen molar-refractivity contribution in [3.05, 3.63) is 64.1 Å². The molecule has 3 rings (SSSR count). The van der Waals surface area contributed by atoms with Crippen LogP contribution < -0.4 is 10.1 Å². The van der Waals surface area contributed by atoms with E-state index in [1.807, 2.05) is 48.5 Å². The maximum Gasteiger partial charge on any atom is 0.407 e. The van der Waals surface area contributed by atoms with Crippen LogP contribution in [-0.4, -0.2) is 18.7 Å². The number of alkyl carbamates (subject to hydrolysis) is 1. The van der Waals surface area contributed by atoms with Crippen LogP contribution in [0.5, 0.6) is 5.75 Å². The summed E-state index contributed by atoms with van der Waals surface area (Å²) in [5, 5.41) is 2.90. The van der Waals surface area contributed by atoms with Gasteiger partial charge in [-0.2, -0.15) is 0 Å². The third-order valence-electron chi connectivity index (χ3n) is 4.00. The first-order valence-corrected chi connectivity index (χ1v) is 8.32. The van der Waals surface area contributed by atoms with E-state index in [2.05, 4.69) is 28.2 Å². The average Bonchev–Trinajstić information content (AvgIpc) is 2.56. The van der Waals surface area contributed by atoms with Gasteiger partial charge in [-0.3, -0.25) is 0 Å². The summed E-state index contributed by atoms with van der Waals surface area (Å²) >= 11 is 3.44. The number of hydrogen-bond acceptors (Lipinski definition) is 3. The molecule has 1 unspecified atom stereocenters. The maximum atomic E-state index is 12.0. The monoisotopic (exact) mass is 375 g/mol. The number of fused-ring (bicyclic) bond motifs is 1. The van der Waals surface area contributed by atoms with E-state index in [0.29, 0.717) is 6.61 Å². The van der Waals surface area contributed by atoms with Gasteiger partial charge in [0, 0.05) is 10.4 Å². The highest BCUT2D eigenvalue weighted by Crippen LogP contribution is 2.35. The zero-order chi connectivity index (χ0) is 16.2. The van der Waals surface area contributed by atoms with Gasteiger partial charge in [0.2, 0.25) is 0 Å². The number of halogens is 1. The molecule has 1 N–H and O–H groups in total. The molecule has 23 heavy (non-hydrogen) atoms. The van der Waals surface area contributed by atoms with Gasteiger partial charge in [0.15, 0.2) is 0 Å². The first kappa shape index (κ1) is 15.9. The number of carbonyl (C=O) groups is 1. The molecule has 1 aliphatic heterocycles. The standard InChI is InChI=1S/C18H18BrNO3/c1-12-15-8-7-14(19)9-17(15)22-11-16(12)20-18(21)23-10-13-5-3-2-4-6-13/h2-9,12,16H,10-11H2,1H3,(H,20,21)/t12-,16?/m1/s1. The maximum absolute atomic E-state index is 12.0. The second-order valence-electron chi connectivity index (χ2n) is 5.59. The quantitative estimate of drug-likeness (QED) is 0.872. The predicted molar refractivity (Wildman–Crippen MR) is 91.6 cm³/mol. The molecule has 2 aromatic rings. The summed E-state index contributed by atoms with van der Waals surface area (Å²) in [5.74, 6) is 1.03. The van der Waals surface area contributed by atoms with Crippen LogP contribution in [0.4, 0.5) is 4.79 Å². The minimum atomic E-state index is -0.421. The van der Waals surface area contributed by atoms with Crippen molar-refractivity contribution in [2.75, 3.05) is 6.61 Å². The fraction of sp³-hybridized carbons (Fsp3) is 0.278. The molecule has 120 valence electrons. The van der Waals surface area contributed by atoms with E-state index in [9.17, 15) is 4.79 Å². The van der Waals surface area contributed by atoms with Crippen molar-refractivity contribution in [2.45, 2.75) is 25.5 Å². The molecule has 0 saturated carbocycles. The number of rotatable bonds is 3. The highest BCUT2D eigenvalue weighted by atomic mass is 79.9. The Kier molecular flexibility index (Phi) is 4.86. The molecule has 4 nitrogen and oxygen atoms in total. The van der Waals surface area contributed by atoms with Crippen LogP contribution in [0.15, 0.2) is 53.0 Å². The number of ether oxygens (including phenoxy) is 2. The molecule has 2 atom stereocenters. The zero-order valence-corrected chi connectivity index (χ0v) is 14.4. The number of amides is 1. The third kappa shape index (κ3) is 3.85. The summed E-state index contributed by atoms with van der Waals surface area (Å²) in [6, 6.07) is 15.5. The molecule has 5 heteroatoms. The molecule has 2 aromatic carbocycles. The second-order valence-corrected chi connectivity index (χ2v) is 6.51. The lowest BCUT2D eigenvalue weighted by Gasteiger charge is -2.31. The van der Waals surface area contributed by atoms with E-state index in [1.54, 1.807) is 0 Å². The molecule has 1 amide bonds. The normalized spacial score (nSPS) is 19.4. The summed E-state index contributed by atoms with van der Waals surface area (Å²) in [6.45, 7) is 2.78. The van der Waals surface area contributed by atoms with Gasteiger partial charge in [-0.1, -0.05) is 59.3 Å². The zero-order valence-electron chi connectivity index (χ0n) is 12.8. The molecule has 0 aromatic heterocycles. The number of benzene rings is 2. The van der Waals surface area contributed by atoms with Gasteiger partial charge < -0.3 is 14.8 Å². The molecule has 0 bridgehead atoms. The highest BCUT2D eigenvalue weighted by molar-refractivity contribution is 9.10. The van der Waals surface area contributed by atoms with Crippen LogP contribution >= 0.6 is 15.9 Å². The smallest absolute Gasteiger partial charge is 0.407 e. The summed E-state index contributed by atoms with van der Waals surface area (Å²) in [6.07, 6.45) is -0.421. The van der Waals surface area contributed by atoms with E-state index in [0.717, 1.165) is 21.3 Å². The van der Waals surface area contributed by atoms with Gasteiger partial charge in [-0.25, -0.2) is 4.79 Å². The van der Waals surface area contributed by atoms with Gasteiger partial charge >= 0.3 is 6.09 Å². The molecule has 0 fully saturated rings. The lowest BCUT2D eigenvalue weighted by atomic mass is 9.91. The van der Waals surface area contributed by atoms with Crippen molar-refractivity contribution in [1.82, 2.24) is 5.32 Å². The van der Waals surface area contributed by atoms with Crippen LogP contribution in [-0.2, 0) is 11.3 Å².